The molecule has 7 heteroatoms. The zero-order chi connectivity index (χ0) is 12.3. The zero-order valence-corrected chi connectivity index (χ0v) is 11.9. The predicted molar refractivity (Wildman–Crippen MR) is 70.0 cm³/mol. The minimum atomic E-state index is -3.58. The quantitative estimate of drug-likeness (QED) is 0.893. The summed E-state index contributed by atoms with van der Waals surface area (Å²) in [5.74, 6) is 0. The van der Waals surface area contributed by atoms with E-state index in [1.165, 1.54) is 0 Å². The third kappa shape index (κ3) is 4.29. The lowest BCUT2D eigenvalue weighted by Crippen LogP contribution is -2.35. The third-order valence-electron chi connectivity index (χ3n) is 1.56. The molecule has 0 aliphatic rings. The molecule has 1 aromatic rings. The molecule has 0 amide bonds. The Balaban J connectivity index is 2.92. The molecule has 0 aromatic heterocycles. The average Bonchev–Trinajstić information content (AvgIpc) is 2.08. The highest BCUT2D eigenvalue weighted by Gasteiger charge is 2.13. The summed E-state index contributed by atoms with van der Waals surface area (Å²) in [6.07, 6.45) is 0. The summed E-state index contributed by atoms with van der Waals surface area (Å²) < 4.78 is 28.7. The van der Waals surface area contributed by atoms with Gasteiger partial charge in [-0.3, -0.25) is 4.72 Å². The lowest BCUT2D eigenvalue weighted by Gasteiger charge is -2.12. The average molecular weight is 328 g/mol. The van der Waals surface area contributed by atoms with Gasteiger partial charge in [0.1, 0.15) is 0 Å². The molecule has 0 spiro atoms. The van der Waals surface area contributed by atoms with Gasteiger partial charge in [0.25, 0.3) is 10.2 Å². The Kier molecular flexibility index (Phi) is 4.61. The van der Waals surface area contributed by atoms with Gasteiger partial charge in [-0.05, 0) is 32.0 Å². The number of anilines is 1. The van der Waals surface area contributed by atoms with Crippen LogP contribution in [0.1, 0.15) is 13.8 Å². The minimum absolute atomic E-state index is 0.177. The van der Waals surface area contributed by atoms with Crippen molar-refractivity contribution in [1.82, 2.24) is 4.72 Å². The fourth-order valence-electron chi connectivity index (χ4n) is 1.06. The molecule has 0 atom stereocenters. The Bertz CT molecular complexity index is 476. The van der Waals surface area contributed by atoms with Crippen LogP contribution in [-0.4, -0.2) is 14.5 Å². The second-order valence-electron chi connectivity index (χ2n) is 3.50. The summed E-state index contributed by atoms with van der Waals surface area (Å²) >= 11 is 9.10. The van der Waals surface area contributed by atoms with E-state index in [0.717, 1.165) is 4.47 Å². The van der Waals surface area contributed by atoms with Gasteiger partial charge in [0, 0.05) is 10.5 Å². The molecule has 0 unspecified atom stereocenters. The molecular formula is C9H12BrClN2O2S. The summed E-state index contributed by atoms with van der Waals surface area (Å²) in [6, 6.07) is 4.76. The number of benzene rings is 1. The van der Waals surface area contributed by atoms with Crippen LogP contribution in [0.2, 0.25) is 5.02 Å². The van der Waals surface area contributed by atoms with Crippen molar-refractivity contribution in [3.8, 4) is 0 Å². The van der Waals surface area contributed by atoms with Gasteiger partial charge >= 0.3 is 0 Å². The van der Waals surface area contributed by atoms with Crippen molar-refractivity contribution >= 4 is 43.4 Å². The van der Waals surface area contributed by atoms with Crippen molar-refractivity contribution in [2.24, 2.45) is 0 Å². The summed E-state index contributed by atoms with van der Waals surface area (Å²) in [4.78, 5) is 0. The Hall–Kier alpha value is -0.300. The smallest absolute Gasteiger partial charge is 0.270 e. The van der Waals surface area contributed by atoms with Crippen LogP contribution < -0.4 is 9.44 Å². The first-order valence-corrected chi connectivity index (χ1v) is 7.21. The second-order valence-corrected chi connectivity index (χ2v) is 6.27. The van der Waals surface area contributed by atoms with E-state index in [0.29, 0.717) is 10.7 Å². The molecule has 0 radical (unpaired) electrons. The van der Waals surface area contributed by atoms with E-state index >= 15 is 0 Å². The number of hydrogen-bond acceptors (Lipinski definition) is 2. The second kappa shape index (κ2) is 5.35. The maximum absolute atomic E-state index is 11.6. The third-order valence-corrected chi connectivity index (χ3v) is 3.66. The van der Waals surface area contributed by atoms with Crippen molar-refractivity contribution in [2.75, 3.05) is 4.72 Å². The number of rotatable bonds is 4. The van der Waals surface area contributed by atoms with Crippen molar-refractivity contribution in [3.05, 3.63) is 27.7 Å². The molecule has 0 aliphatic heterocycles. The molecule has 0 heterocycles. The number of hydrogen-bond donors (Lipinski definition) is 2. The van der Waals surface area contributed by atoms with Gasteiger partial charge in [-0.15, -0.1) is 0 Å². The summed E-state index contributed by atoms with van der Waals surface area (Å²) in [5.41, 5.74) is 0.337. The molecule has 0 saturated carbocycles. The molecule has 16 heavy (non-hydrogen) atoms. The predicted octanol–water partition coefficient (Wildman–Crippen LogP) is 2.76. The van der Waals surface area contributed by atoms with E-state index in [1.54, 1.807) is 32.0 Å². The van der Waals surface area contributed by atoms with E-state index in [1.807, 2.05) is 0 Å². The van der Waals surface area contributed by atoms with E-state index < -0.39 is 10.2 Å². The Morgan fingerprint density at radius 2 is 2.00 bits per heavy atom. The Labute approximate surface area is 109 Å². The van der Waals surface area contributed by atoms with Gasteiger partial charge in [-0.1, -0.05) is 27.5 Å². The van der Waals surface area contributed by atoms with Crippen LogP contribution in [-0.2, 0) is 10.2 Å². The van der Waals surface area contributed by atoms with Crippen molar-refractivity contribution in [1.29, 1.82) is 0 Å². The molecule has 1 aromatic carbocycles. The molecule has 1 rings (SSSR count). The number of nitrogens with one attached hydrogen (secondary N) is 2. The van der Waals surface area contributed by atoms with Gasteiger partial charge < -0.3 is 0 Å². The van der Waals surface area contributed by atoms with Crippen molar-refractivity contribution in [3.63, 3.8) is 0 Å². The molecule has 90 valence electrons. The lowest BCUT2D eigenvalue weighted by molar-refractivity contribution is 0.575. The van der Waals surface area contributed by atoms with Gasteiger partial charge in [0.05, 0.1) is 10.7 Å². The fourth-order valence-corrected chi connectivity index (χ4v) is 2.78. The van der Waals surface area contributed by atoms with Crippen LogP contribution in [0.15, 0.2) is 22.7 Å². The SMILES string of the molecule is CC(C)NS(=O)(=O)Nc1cc(Br)ccc1Cl. The Morgan fingerprint density at radius 1 is 1.38 bits per heavy atom. The summed E-state index contributed by atoms with van der Waals surface area (Å²) in [5, 5.41) is 0.345. The fraction of sp³-hybridized carbons (Fsp3) is 0.333. The molecular weight excluding hydrogens is 316 g/mol. The van der Waals surface area contributed by atoms with E-state index in [-0.39, 0.29) is 6.04 Å². The largest absolute Gasteiger partial charge is 0.299 e. The van der Waals surface area contributed by atoms with E-state index in [4.69, 9.17) is 11.6 Å². The van der Waals surface area contributed by atoms with Crippen LogP contribution in [0.5, 0.6) is 0 Å². The van der Waals surface area contributed by atoms with E-state index in [9.17, 15) is 8.42 Å². The van der Waals surface area contributed by atoms with Crippen LogP contribution in [0, 0.1) is 0 Å². The van der Waals surface area contributed by atoms with Crippen LogP contribution >= 0.6 is 27.5 Å². The topological polar surface area (TPSA) is 58.2 Å². The molecule has 0 saturated heterocycles. The lowest BCUT2D eigenvalue weighted by atomic mass is 10.3. The van der Waals surface area contributed by atoms with Gasteiger partial charge in [0.2, 0.25) is 0 Å². The van der Waals surface area contributed by atoms with E-state index in [2.05, 4.69) is 25.4 Å². The van der Waals surface area contributed by atoms with Crippen LogP contribution in [0.25, 0.3) is 0 Å². The maximum atomic E-state index is 11.6. The van der Waals surface area contributed by atoms with Crippen LogP contribution in [0.3, 0.4) is 0 Å². The molecule has 0 fully saturated rings. The first-order valence-electron chi connectivity index (χ1n) is 4.55. The Morgan fingerprint density at radius 3 is 2.56 bits per heavy atom. The zero-order valence-electron chi connectivity index (χ0n) is 8.79. The normalized spacial score (nSPS) is 11.8. The molecule has 2 N–H and O–H groups in total. The first kappa shape index (κ1) is 13.8. The summed E-state index contributed by atoms with van der Waals surface area (Å²) in [6.45, 7) is 3.48. The number of halogens is 2. The monoisotopic (exact) mass is 326 g/mol. The highest BCUT2D eigenvalue weighted by Crippen LogP contribution is 2.26. The van der Waals surface area contributed by atoms with Crippen molar-refractivity contribution in [2.45, 2.75) is 19.9 Å². The van der Waals surface area contributed by atoms with Crippen LogP contribution in [0.4, 0.5) is 5.69 Å². The minimum Gasteiger partial charge on any atom is -0.270 e. The molecule has 0 bridgehead atoms. The maximum Gasteiger partial charge on any atom is 0.299 e. The van der Waals surface area contributed by atoms with Gasteiger partial charge in [-0.25, -0.2) is 0 Å². The van der Waals surface area contributed by atoms with Gasteiger partial charge in [-0.2, -0.15) is 13.1 Å². The molecule has 4 nitrogen and oxygen atoms in total. The highest BCUT2D eigenvalue weighted by atomic mass is 79.9. The summed E-state index contributed by atoms with van der Waals surface area (Å²) in [7, 11) is -3.58. The standard InChI is InChI=1S/C9H12BrClN2O2S/c1-6(2)12-16(14,15)13-9-5-7(10)3-4-8(9)11/h3-6,12-13H,1-2H3. The first-order chi connectivity index (χ1) is 7.30. The van der Waals surface area contributed by atoms with Crippen molar-refractivity contribution < 1.29 is 8.42 Å². The molecule has 0 aliphatic carbocycles. The highest BCUT2D eigenvalue weighted by molar-refractivity contribution is 9.10. The van der Waals surface area contributed by atoms with Gasteiger partial charge in [0.15, 0.2) is 0 Å².